The molecule has 8 heteroatoms. The molecule has 0 aliphatic carbocycles. The smallest absolute Gasteiger partial charge is 0.316 e. The SMILES string of the molecule is C[C@H](OC(=O)CSCc1cccs1)C(=O)Nc1ccc(C(N)=O)cc1. The molecule has 1 heterocycles. The van der Waals surface area contributed by atoms with Gasteiger partial charge in [-0.25, -0.2) is 0 Å². The third-order valence-corrected chi connectivity index (χ3v) is 5.17. The van der Waals surface area contributed by atoms with Crippen molar-refractivity contribution in [3.8, 4) is 0 Å². The van der Waals surface area contributed by atoms with Crippen LogP contribution in [0.2, 0.25) is 0 Å². The zero-order chi connectivity index (χ0) is 18.2. The van der Waals surface area contributed by atoms with Crippen LogP contribution < -0.4 is 11.1 Å². The molecule has 2 amide bonds. The largest absolute Gasteiger partial charge is 0.452 e. The summed E-state index contributed by atoms with van der Waals surface area (Å²) in [5.41, 5.74) is 5.99. The Kier molecular flexibility index (Phi) is 7.03. The van der Waals surface area contributed by atoms with E-state index in [0.29, 0.717) is 11.3 Å². The lowest BCUT2D eigenvalue weighted by atomic mass is 10.2. The van der Waals surface area contributed by atoms with Crippen molar-refractivity contribution in [1.29, 1.82) is 0 Å². The van der Waals surface area contributed by atoms with E-state index in [1.807, 2.05) is 17.5 Å². The van der Waals surface area contributed by atoms with Crippen LogP contribution in [-0.4, -0.2) is 29.6 Å². The number of carbonyl (C=O) groups is 3. The molecule has 0 aliphatic heterocycles. The minimum atomic E-state index is -0.911. The van der Waals surface area contributed by atoms with Gasteiger partial charge in [-0.2, -0.15) is 0 Å². The number of nitrogens with two attached hydrogens (primary N) is 1. The summed E-state index contributed by atoms with van der Waals surface area (Å²) in [6.07, 6.45) is -0.911. The lowest BCUT2D eigenvalue weighted by Gasteiger charge is -2.13. The first-order valence-corrected chi connectivity index (χ1v) is 9.49. The number of nitrogens with one attached hydrogen (secondary N) is 1. The van der Waals surface area contributed by atoms with Gasteiger partial charge < -0.3 is 15.8 Å². The van der Waals surface area contributed by atoms with Crippen molar-refractivity contribution in [2.75, 3.05) is 11.1 Å². The number of esters is 1. The summed E-state index contributed by atoms with van der Waals surface area (Å²) in [7, 11) is 0. The van der Waals surface area contributed by atoms with E-state index in [-0.39, 0.29) is 5.75 Å². The van der Waals surface area contributed by atoms with Gasteiger partial charge in [0.25, 0.3) is 5.91 Å². The second kappa shape index (κ2) is 9.24. The van der Waals surface area contributed by atoms with Crippen LogP contribution in [0.15, 0.2) is 41.8 Å². The van der Waals surface area contributed by atoms with Gasteiger partial charge in [-0.3, -0.25) is 14.4 Å². The second-order valence-corrected chi connectivity index (χ2v) is 7.15. The summed E-state index contributed by atoms with van der Waals surface area (Å²) < 4.78 is 5.12. The predicted molar refractivity (Wildman–Crippen MR) is 99.6 cm³/mol. The van der Waals surface area contributed by atoms with Crippen LogP contribution in [0, 0.1) is 0 Å². The highest BCUT2D eigenvalue weighted by Gasteiger charge is 2.18. The van der Waals surface area contributed by atoms with Crippen LogP contribution in [0.4, 0.5) is 5.69 Å². The number of anilines is 1. The summed E-state index contributed by atoms with van der Waals surface area (Å²) in [4.78, 5) is 36.0. The van der Waals surface area contributed by atoms with Crippen molar-refractivity contribution < 1.29 is 19.1 Å². The molecule has 0 spiro atoms. The zero-order valence-electron chi connectivity index (χ0n) is 13.6. The normalized spacial score (nSPS) is 11.6. The molecule has 0 radical (unpaired) electrons. The fourth-order valence-electron chi connectivity index (χ4n) is 1.88. The van der Waals surface area contributed by atoms with Crippen LogP contribution in [0.25, 0.3) is 0 Å². The first-order valence-electron chi connectivity index (χ1n) is 7.46. The molecule has 25 heavy (non-hydrogen) atoms. The van der Waals surface area contributed by atoms with Crippen molar-refractivity contribution in [3.05, 3.63) is 52.2 Å². The lowest BCUT2D eigenvalue weighted by Crippen LogP contribution is -2.30. The molecule has 0 aliphatic rings. The van der Waals surface area contributed by atoms with Gasteiger partial charge in [0, 0.05) is 21.9 Å². The predicted octanol–water partition coefficient (Wildman–Crippen LogP) is 2.65. The summed E-state index contributed by atoms with van der Waals surface area (Å²) in [6.45, 7) is 1.51. The lowest BCUT2D eigenvalue weighted by molar-refractivity contribution is -0.150. The Morgan fingerprint density at radius 2 is 1.96 bits per heavy atom. The monoisotopic (exact) mass is 378 g/mol. The van der Waals surface area contributed by atoms with Gasteiger partial charge in [0.1, 0.15) is 0 Å². The van der Waals surface area contributed by atoms with E-state index in [2.05, 4.69) is 5.32 Å². The van der Waals surface area contributed by atoms with E-state index >= 15 is 0 Å². The van der Waals surface area contributed by atoms with Crippen LogP contribution >= 0.6 is 23.1 Å². The third-order valence-electron chi connectivity index (χ3n) is 3.16. The number of amides is 2. The molecule has 1 atom stereocenters. The minimum absolute atomic E-state index is 0.183. The molecule has 0 saturated carbocycles. The molecular weight excluding hydrogens is 360 g/mol. The number of ether oxygens (including phenoxy) is 1. The van der Waals surface area contributed by atoms with Gasteiger partial charge in [-0.1, -0.05) is 6.07 Å². The number of primary amides is 1. The third kappa shape index (κ3) is 6.24. The number of carbonyl (C=O) groups excluding carboxylic acids is 3. The van der Waals surface area contributed by atoms with Crippen LogP contribution in [0.1, 0.15) is 22.2 Å². The number of thioether (sulfide) groups is 1. The van der Waals surface area contributed by atoms with Gasteiger partial charge in [0.15, 0.2) is 6.10 Å². The Hall–Kier alpha value is -2.32. The number of hydrogen-bond donors (Lipinski definition) is 2. The average molecular weight is 378 g/mol. The Bertz CT molecular complexity index is 730. The van der Waals surface area contributed by atoms with Gasteiger partial charge in [-0.05, 0) is 42.6 Å². The van der Waals surface area contributed by atoms with Gasteiger partial charge >= 0.3 is 5.97 Å². The van der Waals surface area contributed by atoms with E-state index in [9.17, 15) is 14.4 Å². The number of thiophene rings is 1. The minimum Gasteiger partial charge on any atom is -0.452 e. The molecule has 0 bridgehead atoms. The van der Waals surface area contributed by atoms with Crippen molar-refractivity contribution >= 4 is 46.6 Å². The first kappa shape index (κ1) is 19.0. The molecule has 6 nitrogen and oxygen atoms in total. The quantitative estimate of drug-likeness (QED) is 0.688. The maximum atomic E-state index is 12.0. The fraction of sp³-hybridized carbons (Fsp3) is 0.235. The van der Waals surface area contributed by atoms with Crippen LogP contribution in [0.5, 0.6) is 0 Å². The number of rotatable bonds is 8. The Balaban J connectivity index is 1.75. The van der Waals surface area contributed by atoms with E-state index < -0.39 is 23.9 Å². The van der Waals surface area contributed by atoms with Gasteiger partial charge in [-0.15, -0.1) is 23.1 Å². The van der Waals surface area contributed by atoms with E-state index in [1.165, 1.54) is 35.7 Å². The van der Waals surface area contributed by atoms with Crippen molar-refractivity contribution in [2.45, 2.75) is 18.8 Å². The molecule has 2 rings (SSSR count). The summed E-state index contributed by atoms with van der Waals surface area (Å²) >= 11 is 3.07. The van der Waals surface area contributed by atoms with Crippen LogP contribution in [-0.2, 0) is 20.1 Å². The first-order chi connectivity index (χ1) is 12.0. The molecule has 2 aromatic rings. The second-order valence-electron chi connectivity index (χ2n) is 5.14. The topological polar surface area (TPSA) is 98.5 Å². The highest BCUT2D eigenvalue weighted by atomic mass is 32.2. The van der Waals surface area contributed by atoms with Gasteiger partial charge in [0.2, 0.25) is 5.91 Å². The number of hydrogen-bond acceptors (Lipinski definition) is 6. The van der Waals surface area contributed by atoms with Gasteiger partial charge in [0.05, 0.1) is 5.75 Å². The Labute approximate surface area is 153 Å². The Morgan fingerprint density at radius 1 is 1.24 bits per heavy atom. The summed E-state index contributed by atoms with van der Waals surface area (Å²) in [5, 5.41) is 4.60. The fourth-order valence-corrected chi connectivity index (χ4v) is 3.52. The van der Waals surface area contributed by atoms with Crippen molar-refractivity contribution in [2.24, 2.45) is 5.73 Å². The molecule has 0 saturated heterocycles. The molecule has 132 valence electrons. The average Bonchev–Trinajstić information content (AvgIpc) is 3.08. The molecule has 0 unspecified atom stereocenters. The van der Waals surface area contributed by atoms with E-state index in [1.54, 1.807) is 23.5 Å². The highest BCUT2D eigenvalue weighted by Crippen LogP contribution is 2.17. The maximum absolute atomic E-state index is 12.0. The molecule has 3 N–H and O–H groups in total. The van der Waals surface area contributed by atoms with Crippen molar-refractivity contribution in [1.82, 2.24) is 0 Å². The zero-order valence-corrected chi connectivity index (χ0v) is 15.2. The van der Waals surface area contributed by atoms with E-state index in [0.717, 1.165) is 5.75 Å². The molecule has 1 aromatic carbocycles. The number of benzene rings is 1. The van der Waals surface area contributed by atoms with Crippen molar-refractivity contribution in [3.63, 3.8) is 0 Å². The standard InChI is InChI=1S/C17H18N2O4S2/c1-11(23-15(20)10-24-9-14-3-2-8-25-14)17(22)19-13-6-4-12(5-7-13)16(18)21/h2-8,11H,9-10H2,1H3,(H2,18,21)(H,19,22)/t11-/m0/s1. The highest BCUT2D eigenvalue weighted by molar-refractivity contribution is 7.99. The van der Waals surface area contributed by atoms with Crippen LogP contribution in [0.3, 0.4) is 0 Å². The molecular formula is C17H18N2O4S2. The Morgan fingerprint density at radius 3 is 2.56 bits per heavy atom. The van der Waals surface area contributed by atoms with E-state index in [4.69, 9.17) is 10.5 Å². The maximum Gasteiger partial charge on any atom is 0.316 e. The molecule has 0 fully saturated rings. The summed E-state index contributed by atoms with van der Waals surface area (Å²) in [5.74, 6) is -0.500. The summed E-state index contributed by atoms with van der Waals surface area (Å²) in [6, 6.07) is 10.1. The molecule has 1 aromatic heterocycles.